The zero-order valence-corrected chi connectivity index (χ0v) is 12.8. The first-order valence-electron chi connectivity index (χ1n) is 6.12. The van der Waals surface area contributed by atoms with Crippen LogP contribution in [0.1, 0.15) is 26.3 Å². The summed E-state index contributed by atoms with van der Waals surface area (Å²) in [4.78, 5) is 0.0268. The van der Waals surface area contributed by atoms with E-state index in [0.29, 0.717) is 0 Å². The number of hydrogen-bond donors (Lipinski definition) is 1. The fourth-order valence-corrected chi connectivity index (χ4v) is 3.33. The lowest BCUT2D eigenvalue weighted by Crippen LogP contribution is -2.38. The standard InChI is InChI=1S/C13H21FN2O2S/c1-8(2)10(4)16(5)19(17,18)11-6-9(3)13(14)12(15)7-11/h6-8,10H,15H2,1-5H3. The average molecular weight is 288 g/mol. The van der Waals surface area contributed by atoms with Gasteiger partial charge in [0.2, 0.25) is 10.0 Å². The van der Waals surface area contributed by atoms with Crippen molar-refractivity contribution >= 4 is 15.7 Å². The molecular weight excluding hydrogens is 267 g/mol. The van der Waals surface area contributed by atoms with Crippen LogP contribution in [0.15, 0.2) is 17.0 Å². The van der Waals surface area contributed by atoms with Crippen molar-refractivity contribution in [2.75, 3.05) is 12.8 Å². The highest BCUT2D eigenvalue weighted by Gasteiger charge is 2.28. The third-order valence-electron chi connectivity index (χ3n) is 3.47. The van der Waals surface area contributed by atoms with E-state index in [4.69, 9.17) is 5.73 Å². The maximum atomic E-state index is 13.5. The van der Waals surface area contributed by atoms with Crippen molar-refractivity contribution in [3.8, 4) is 0 Å². The van der Waals surface area contributed by atoms with Crippen molar-refractivity contribution in [2.24, 2.45) is 5.92 Å². The summed E-state index contributed by atoms with van der Waals surface area (Å²) in [6, 6.07) is 2.32. The molecule has 0 saturated heterocycles. The van der Waals surface area contributed by atoms with Crippen molar-refractivity contribution < 1.29 is 12.8 Å². The van der Waals surface area contributed by atoms with Crippen molar-refractivity contribution in [2.45, 2.75) is 38.6 Å². The molecule has 0 aliphatic heterocycles. The predicted molar refractivity (Wildman–Crippen MR) is 74.8 cm³/mol. The minimum absolute atomic E-state index is 0.0268. The number of rotatable bonds is 4. The Morgan fingerprint density at radius 3 is 2.21 bits per heavy atom. The summed E-state index contributed by atoms with van der Waals surface area (Å²) in [7, 11) is -2.14. The summed E-state index contributed by atoms with van der Waals surface area (Å²) >= 11 is 0. The van der Waals surface area contributed by atoms with Crippen molar-refractivity contribution in [3.63, 3.8) is 0 Å². The zero-order valence-electron chi connectivity index (χ0n) is 11.9. The molecule has 6 heteroatoms. The quantitative estimate of drug-likeness (QED) is 0.865. The Kier molecular flexibility index (Phi) is 4.58. The summed E-state index contributed by atoms with van der Waals surface area (Å²) in [5.41, 5.74) is 5.57. The van der Waals surface area contributed by atoms with E-state index in [2.05, 4.69) is 0 Å². The number of aryl methyl sites for hydroxylation is 1. The monoisotopic (exact) mass is 288 g/mol. The van der Waals surface area contributed by atoms with Crippen LogP contribution in [0, 0.1) is 18.7 Å². The third-order valence-corrected chi connectivity index (χ3v) is 5.39. The second-order valence-corrected chi connectivity index (χ2v) is 7.15. The van der Waals surface area contributed by atoms with Crippen LogP contribution in [0.5, 0.6) is 0 Å². The SMILES string of the molecule is Cc1cc(S(=O)(=O)N(C)C(C)C(C)C)cc(N)c1F. The largest absolute Gasteiger partial charge is 0.396 e. The maximum absolute atomic E-state index is 13.5. The molecule has 1 atom stereocenters. The van der Waals surface area contributed by atoms with Gasteiger partial charge in [0.05, 0.1) is 10.6 Å². The number of benzene rings is 1. The Bertz CT molecular complexity index is 547. The first-order valence-corrected chi connectivity index (χ1v) is 7.56. The Hall–Kier alpha value is -1.14. The van der Waals surface area contributed by atoms with Crippen LogP contribution in [0.4, 0.5) is 10.1 Å². The summed E-state index contributed by atoms with van der Waals surface area (Å²) in [5, 5.41) is 0. The molecule has 0 fully saturated rings. The molecule has 19 heavy (non-hydrogen) atoms. The van der Waals surface area contributed by atoms with Gasteiger partial charge in [-0.05, 0) is 37.5 Å². The van der Waals surface area contributed by atoms with Crippen molar-refractivity contribution in [1.82, 2.24) is 4.31 Å². The van der Waals surface area contributed by atoms with E-state index in [0.717, 1.165) is 0 Å². The fraction of sp³-hybridized carbons (Fsp3) is 0.538. The van der Waals surface area contributed by atoms with Crippen LogP contribution in [0.3, 0.4) is 0 Å². The van der Waals surface area contributed by atoms with Crippen molar-refractivity contribution in [3.05, 3.63) is 23.5 Å². The van der Waals surface area contributed by atoms with Gasteiger partial charge >= 0.3 is 0 Å². The zero-order chi connectivity index (χ0) is 15.0. The predicted octanol–water partition coefficient (Wildman–Crippen LogP) is 2.38. The van der Waals surface area contributed by atoms with E-state index in [-0.39, 0.29) is 28.1 Å². The Morgan fingerprint density at radius 2 is 1.79 bits per heavy atom. The molecule has 0 heterocycles. The van der Waals surface area contributed by atoms with Gasteiger partial charge in [-0.1, -0.05) is 13.8 Å². The number of nitrogen functional groups attached to an aromatic ring is 1. The Morgan fingerprint density at radius 1 is 1.26 bits per heavy atom. The lowest BCUT2D eigenvalue weighted by Gasteiger charge is -2.27. The highest BCUT2D eigenvalue weighted by atomic mass is 32.2. The second kappa shape index (κ2) is 5.46. The first kappa shape index (κ1) is 15.9. The summed E-state index contributed by atoms with van der Waals surface area (Å²) in [5.74, 6) is -0.392. The molecular formula is C13H21FN2O2S. The van der Waals surface area contributed by atoms with E-state index < -0.39 is 15.8 Å². The summed E-state index contributed by atoms with van der Waals surface area (Å²) in [6.07, 6.45) is 0. The molecule has 1 unspecified atom stereocenters. The molecule has 0 radical (unpaired) electrons. The van der Waals surface area contributed by atoms with E-state index in [1.807, 2.05) is 20.8 Å². The molecule has 0 saturated carbocycles. The Labute approximate surface area is 114 Å². The first-order chi connectivity index (χ1) is 8.59. The molecule has 2 N–H and O–H groups in total. The van der Waals surface area contributed by atoms with Gasteiger partial charge in [0, 0.05) is 13.1 Å². The molecule has 0 aliphatic carbocycles. The molecule has 1 aromatic carbocycles. The number of hydrogen-bond acceptors (Lipinski definition) is 3. The highest BCUT2D eigenvalue weighted by Crippen LogP contribution is 2.25. The number of nitrogens with two attached hydrogens (primary N) is 1. The van der Waals surface area contributed by atoms with Gasteiger partial charge in [-0.15, -0.1) is 0 Å². The van der Waals surface area contributed by atoms with Crippen LogP contribution < -0.4 is 5.73 Å². The minimum Gasteiger partial charge on any atom is -0.396 e. The fourth-order valence-electron chi connectivity index (χ4n) is 1.72. The molecule has 0 amide bonds. The minimum atomic E-state index is -3.66. The maximum Gasteiger partial charge on any atom is 0.243 e. The highest BCUT2D eigenvalue weighted by molar-refractivity contribution is 7.89. The van der Waals surface area contributed by atoms with Gasteiger partial charge in [-0.3, -0.25) is 0 Å². The van der Waals surface area contributed by atoms with Crippen LogP contribution in [0.25, 0.3) is 0 Å². The smallest absolute Gasteiger partial charge is 0.243 e. The molecule has 1 rings (SSSR count). The number of nitrogens with zero attached hydrogens (tertiary/aromatic N) is 1. The van der Waals surface area contributed by atoms with E-state index in [1.54, 1.807) is 0 Å². The van der Waals surface area contributed by atoms with Gasteiger partial charge in [0.1, 0.15) is 5.82 Å². The van der Waals surface area contributed by atoms with E-state index >= 15 is 0 Å². The van der Waals surface area contributed by atoms with Gasteiger partial charge in [0.25, 0.3) is 0 Å². The molecule has 4 nitrogen and oxygen atoms in total. The van der Waals surface area contributed by atoms with Crippen LogP contribution >= 0.6 is 0 Å². The third kappa shape index (κ3) is 3.06. The van der Waals surface area contributed by atoms with Crippen LogP contribution in [0.2, 0.25) is 0 Å². The molecule has 1 aromatic rings. The number of halogens is 1. The lowest BCUT2D eigenvalue weighted by atomic mass is 10.1. The number of anilines is 1. The Balaban J connectivity index is 3.28. The van der Waals surface area contributed by atoms with E-state index in [9.17, 15) is 12.8 Å². The van der Waals surface area contributed by atoms with Crippen molar-refractivity contribution in [1.29, 1.82) is 0 Å². The molecule has 0 aromatic heterocycles. The molecule has 0 aliphatic rings. The average Bonchev–Trinajstić information content (AvgIpc) is 2.33. The molecule has 0 spiro atoms. The normalized spacial score (nSPS) is 14.1. The topological polar surface area (TPSA) is 63.4 Å². The van der Waals surface area contributed by atoms with Gasteiger partial charge in [0.15, 0.2) is 0 Å². The van der Waals surface area contributed by atoms with Gasteiger partial charge < -0.3 is 5.73 Å². The van der Waals surface area contributed by atoms with Crippen LogP contribution in [-0.2, 0) is 10.0 Å². The molecule has 0 bridgehead atoms. The van der Waals surface area contributed by atoms with Gasteiger partial charge in [-0.25, -0.2) is 12.8 Å². The molecule has 108 valence electrons. The van der Waals surface area contributed by atoms with E-state index in [1.165, 1.54) is 30.4 Å². The van der Waals surface area contributed by atoms with Crippen LogP contribution in [-0.4, -0.2) is 25.8 Å². The summed E-state index contributed by atoms with van der Waals surface area (Å²) in [6.45, 7) is 7.22. The summed E-state index contributed by atoms with van der Waals surface area (Å²) < 4.78 is 39.6. The lowest BCUT2D eigenvalue weighted by molar-refractivity contribution is 0.315. The second-order valence-electron chi connectivity index (χ2n) is 5.15. The number of sulfonamides is 1. The van der Waals surface area contributed by atoms with Gasteiger partial charge in [-0.2, -0.15) is 4.31 Å².